The Morgan fingerprint density at radius 1 is 1.31 bits per heavy atom. The number of carbonyl (C=O) groups is 1. The van der Waals surface area contributed by atoms with Crippen molar-refractivity contribution < 1.29 is 9.53 Å². The molecule has 2 amide bonds. The zero-order valence-corrected chi connectivity index (χ0v) is 9.88. The highest BCUT2D eigenvalue weighted by Gasteiger charge is 1.97. The van der Waals surface area contributed by atoms with Gasteiger partial charge in [0.15, 0.2) is 0 Å². The SMILES string of the molecule is CCNC(=O)NCCOc1ccc(Cl)cc1. The highest BCUT2D eigenvalue weighted by molar-refractivity contribution is 6.30. The van der Waals surface area contributed by atoms with E-state index in [2.05, 4.69) is 10.6 Å². The minimum absolute atomic E-state index is 0.179. The lowest BCUT2D eigenvalue weighted by atomic mass is 10.3. The molecule has 1 aromatic carbocycles. The summed E-state index contributed by atoms with van der Waals surface area (Å²) >= 11 is 5.73. The minimum Gasteiger partial charge on any atom is -0.492 e. The van der Waals surface area contributed by atoms with Crippen molar-refractivity contribution >= 4 is 17.6 Å². The van der Waals surface area contributed by atoms with Crippen molar-refractivity contribution in [3.8, 4) is 5.75 Å². The Labute approximate surface area is 99.9 Å². The second-order valence-corrected chi connectivity index (χ2v) is 3.53. The molecular formula is C11H15ClN2O2. The largest absolute Gasteiger partial charge is 0.492 e. The molecule has 4 nitrogen and oxygen atoms in total. The van der Waals surface area contributed by atoms with E-state index in [-0.39, 0.29) is 6.03 Å². The van der Waals surface area contributed by atoms with Crippen LogP contribution >= 0.6 is 11.6 Å². The number of benzene rings is 1. The number of halogens is 1. The van der Waals surface area contributed by atoms with Crippen molar-refractivity contribution in [1.82, 2.24) is 10.6 Å². The lowest BCUT2D eigenvalue weighted by Gasteiger charge is -2.07. The number of carbonyl (C=O) groups excluding carboxylic acids is 1. The Morgan fingerprint density at radius 2 is 2.00 bits per heavy atom. The fourth-order valence-corrected chi connectivity index (χ4v) is 1.21. The monoisotopic (exact) mass is 242 g/mol. The molecule has 0 fully saturated rings. The molecule has 0 atom stereocenters. The van der Waals surface area contributed by atoms with E-state index in [0.717, 1.165) is 5.75 Å². The molecule has 0 bridgehead atoms. The summed E-state index contributed by atoms with van der Waals surface area (Å²) in [6.45, 7) is 3.38. The van der Waals surface area contributed by atoms with Crippen LogP contribution in [0.2, 0.25) is 5.02 Å². The van der Waals surface area contributed by atoms with E-state index in [9.17, 15) is 4.79 Å². The van der Waals surface area contributed by atoms with E-state index < -0.39 is 0 Å². The first kappa shape index (κ1) is 12.6. The number of rotatable bonds is 5. The molecule has 0 spiro atoms. The van der Waals surface area contributed by atoms with E-state index in [0.29, 0.717) is 24.7 Å². The Bertz CT molecular complexity index is 327. The number of hydrogen-bond donors (Lipinski definition) is 2. The molecule has 1 aromatic rings. The Balaban J connectivity index is 2.16. The Kier molecular flexibility index (Phi) is 5.50. The van der Waals surface area contributed by atoms with E-state index in [1.807, 2.05) is 6.92 Å². The number of ether oxygens (including phenoxy) is 1. The highest BCUT2D eigenvalue weighted by atomic mass is 35.5. The van der Waals surface area contributed by atoms with Crippen LogP contribution in [0.15, 0.2) is 24.3 Å². The molecule has 0 aliphatic carbocycles. The summed E-state index contributed by atoms with van der Waals surface area (Å²) < 4.78 is 5.39. The molecule has 0 heterocycles. The molecule has 5 heteroatoms. The van der Waals surface area contributed by atoms with Gasteiger partial charge in [0.1, 0.15) is 12.4 Å². The summed E-state index contributed by atoms with van der Waals surface area (Å²) in [7, 11) is 0. The fourth-order valence-electron chi connectivity index (χ4n) is 1.09. The third kappa shape index (κ3) is 4.89. The van der Waals surface area contributed by atoms with Gasteiger partial charge in [-0.3, -0.25) is 0 Å². The zero-order valence-electron chi connectivity index (χ0n) is 9.13. The Hall–Kier alpha value is -1.42. The normalized spacial score (nSPS) is 9.62. The van der Waals surface area contributed by atoms with Crippen LogP contribution in [0, 0.1) is 0 Å². The van der Waals surface area contributed by atoms with Gasteiger partial charge in [-0.15, -0.1) is 0 Å². The molecule has 0 saturated heterocycles. The van der Waals surface area contributed by atoms with Crippen LogP contribution < -0.4 is 15.4 Å². The Morgan fingerprint density at radius 3 is 2.62 bits per heavy atom. The smallest absolute Gasteiger partial charge is 0.314 e. The third-order valence-corrected chi connectivity index (χ3v) is 2.06. The van der Waals surface area contributed by atoms with Crippen LogP contribution in [0.1, 0.15) is 6.92 Å². The first-order valence-corrected chi connectivity index (χ1v) is 5.50. The maximum atomic E-state index is 11.0. The van der Waals surface area contributed by atoms with Crippen molar-refractivity contribution in [2.24, 2.45) is 0 Å². The molecule has 0 radical (unpaired) electrons. The van der Waals surface area contributed by atoms with Crippen LogP contribution in [-0.2, 0) is 0 Å². The van der Waals surface area contributed by atoms with Crippen molar-refractivity contribution in [3.63, 3.8) is 0 Å². The predicted octanol–water partition coefficient (Wildman–Crippen LogP) is 2.04. The first-order valence-electron chi connectivity index (χ1n) is 5.12. The van der Waals surface area contributed by atoms with Crippen molar-refractivity contribution in [2.75, 3.05) is 19.7 Å². The summed E-state index contributed by atoms with van der Waals surface area (Å²) in [6.07, 6.45) is 0. The molecule has 0 aliphatic heterocycles. The summed E-state index contributed by atoms with van der Waals surface area (Å²) in [5.41, 5.74) is 0. The quantitative estimate of drug-likeness (QED) is 0.777. The van der Waals surface area contributed by atoms with Gasteiger partial charge < -0.3 is 15.4 Å². The van der Waals surface area contributed by atoms with Crippen molar-refractivity contribution in [3.05, 3.63) is 29.3 Å². The number of amides is 2. The van der Waals surface area contributed by atoms with Gasteiger partial charge in [-0.05, 0) is 31.2 Å². The average Bonchev–Trinajstić information content (AvgIpc) is 2.27. The van der Waals surface area contributed by atoms with Gasteiger partial charge >= 0.3 is 6.03 Å². The van der Waals surface area contributed by atoms with E-state index in [1.165, 1.54) is 0 Å². The molecular weight excluding hydrogens is 228 g/mol. The van der Waals surface area contributed by atoms with Crippen molar-refractivity contribution in [2.45, 2.75) is 6.92 Å². The first-order chi connectivity index (χ1) is 7.72. The van der Waals surface area contributed by atoms with E-state index in [4.69, 9.17) is 16.3 Å². The van der Waals surface area contributed by atoms with Gasteiger partial charge in [-0.1, -0.05) is 11.6 Å². The second-order valence-electron chi connectivity index (χ2n) is 3.09. The summed E-state index contributed by atoms with van der Waals surface area (Å²) in [6, 6.07) is 6.91. The average molecular weight is 243 g/mol. The molecule has 0 aliphatic rings. The molecule has 88 valence electrons. The van der Waals surface area contributed by atoms with Crippen molar-refractivity contribution in [1.29, 1.82) is 0 Å². The predicted molar refractivity (Wildman–Crippen MR) is 64.0 cm³/mol. The van der Waals surface area contributed by atoms with E-state index in [1.54, 1.807) is 24.3 Å². The minimum atomic E-state index is -0.179. The summed E-state index contributed by atoms with van der Waals surface area (Å²) in [5, 5.41) is 5.97. The number of hydrogen-bond acceptors (Lipinski definition) is 2. The fraction of sp³-hybridized carbons (Fsp3) is 0.364. The summed E-state index contributed by atoms with van der Waals surface area (Å²) in [5.74, 6) is 0.738. The molecule has 0 saturated carbocycles. The van der Waals surface area contributed by atoms with Crippen LogP contribution in [0.4, 0.5) is 4.79 Å². The zero-order chi connectivity index (χ0) is 11.8. The molecule has 16 heavy (non-hydrogen) atoms. The summed E-state index contributed by atoms with van der Waals surface area (Å²) in [4.78, 5) is 11.0. The van der Waals surface area contributed by atoms with Crippen LogP contribution in [0.25, 0.3) is 0 Å². The number of urea groups is 1. The van der Waals surface area contributed by atoms with Gasteiger partial charge in [-0.25, -0.2) is 4.79 Å². The lowest BCUT2D eigenvalue weighted by Crippen LogP contribution is -2.37. The molecule has 1 rings (SSSR count). The van der Waals surface area contributed by atoms with Gasteiger partial charge in [0.05, 0.1) is 6.54 Å². The van der Waals surface area contributed by atoms with Gasteiger partial charge in [0, 0.05) is 11.6 Å². The lowest BCUT2D eigenvalue weighted by molar-refractivity contribution is 0.237. The molecule has 0 unspecified atom stereocenters. The van der Waals surface area contributed by atoms with Gasteiger partial charge in [0.25, 0.3) is 0 Å². The topological polar surface area (TPSA) is 50.4 Å². The molecule has 2 N–H and O–H groups in total. The highest BCUT2D eigenvalue weighted by Crippen LogP contribution is 2.14. The standard InChI is InChI=1S/C11H15ClN2O2/c1-2-13-11(15)14-7-8-16-10-5-3-9(12)4-6-10/h3-6H,2,7-8H2,1H3,(H2,13,14,15). The number of nitrogens with one attached hydrogen (secondary N) is 2. The second kappa shape index (κ2) is 6.95. The maximum Gasteiger partial charge on any atom is 0.314 e. The van der Waals surface area contributed by atoms with Crippen LogP contribution in [0.5, 0.6) is 5.75 Å². The van der Waals surface area contributed by atoms with E-state index >= 15 is 0 Å². The van der Waals surface area contributed by atoms with Crippen LogP contribution in [0.3, 0.4) is 0 Å². The molecule has 0 aromatic heterocycles. The van der Waals surface area contributed by atoms with Crippen LogP contribution in [-0.4, -0.2) is 25.7 Å². The van der Waals surface area contributed by atoms with Gasteiger partial charge in [-0.2, -0.15) is 0 Å². The maximum absolute atomic E-state index is 11.0. The third-order valence-electron chi connectivity index (χ3n) is 1.81. The van der Waals surface area contributed by atoms with Gasteiger partial charge in [0.2, 0.25) is 0 Å².